The molecule has 0 radical (unpaired) electrons. The number of anilines is 2. The van der Waals surface area contributed by atoms with Crippen LogP contribution in [0.1, 0.15) is 56.7 Å². The minimum atomic E-state index is -4.51. The highest BCUT2D eigenvalue weighted by molar-refractivity contribution is 7.14. The molecular weight excluding hydrogens is 427 g/mol. The van der Waals surface area contributed by atoms with Gasteiger partial charge in [0.25, 0.3) is 0 Å². The van der Waals surface area contributed by atoms with Gasteiger partial charge in [-0.25, -0.2) is 4.98 Å². The molecule has 5 nitrogen and oxygen atoms in total. The summed E-state index contributed by atoms with van der Waals surface area (Å²) in [7, 11) is 0. The van der Waals surface area contributed by atoms with Crippen molar-refractivity contribution in [3.63, 3.8) is 0 Å². The van der Waals surface area contributed by atoms with Gasteiger partial charge in [0.1, 0.15) is 0 Å². The third-order valence-corrected chi connectivity index (χ3v) is 5.90. The van der Waals surface area contributed by atoms with Crippen molar-refractivity contribution in [3.05, 3.63) is 47.0 Å². The number of halogens is 3. The maximum atomic E-state index is 13.0. The zero-order valence-electron chi connectivity index (χ0n) is 17.1. The molecule has 3 rings (SSSR count). The standard InChI is InChI=1S/C22H24F3N3O2S/c1-15(29)28(19-10-6-7-16(13-19)22(23,24)25)21-27-18(14-31-21)11-12-20(30)26-17-8-4-2-3-5-9-17/h6-7,10-14,17H,2-5,8-9H2,1H3,(H,26,30)/b12-11+. The van der Waals surface area contributed by atoms with Crippen LogP contribution in [-0.4, -0.2) is 22.8 Å². The van der Waals surface area contributed by atoms with Crippen molar-refractivity contribution >= 4 is 40.0 Å². The molecule has 0 bridgehead atoms. The number of alkyl halides is 3. The number of thiazole rings is 1. The molecule has 2 amide bonds. The first-order valence-electron chi connectivity index (χ1n) is 10.2. The summed E-state index contributed by atoms with van der Waals surface area (Å²) >= 11 is 1.11. The Balaban J connectivity index is 1.72. The number of nitrogens with zero attached hydrogens (tertiary/aromatic N) is 2. The third kappa shape index (κ3) is 6.40. The van der Waals surface area contributed by atoms with E-state index in [0.717, 1.165) is 54.1 Å². The van der Waals surface area contributed by atoms with Gasteiger partial charge in [0, 0.05) is 24.4 Å². The number of nitrogens with one attached hydrogen (secondary N) is 1. The Morgan fingerprint density at radius 2 is 1.90 bits per heavy atom. The molecule has 0 aliphatic heterocycles. The van der Waals surface area contributed by atoms with E-state index in [9.17, 15) is 22.8 Å². The number of hydrogen-bond donors (Lipinski definition) is 1. The summed E-state index contributed by atoms with van der Waals surface area (Å²) in [5.41, 5.74) is -0.310. The van der Waals surface area contributed by atoms with Crippen LogP contribution < -0.4 is 10.2 Å². The topological polar surface area (TPSA) is 62.3 Å². The Labute approximate surface area is 183 Å². The predicted molar refractivity (Wildman–Crippen MR) is 115 cm³/mol. The highest BCUT2D eigenvalue weighted by Crippen LogP contribution is 2.35. The van der Waals surface area contributed by atoms with Crippen molar-refractivity contribution in [1.29, 1.82) is 0 Å². The highest BCUT2D eigenvalue weighted by atomic mass is 32.1. The van der Waals surface area contributed by atoms with Gasteiger partial charge in [-0.2, -0.15) is 13.2 Å². The van der Waals surface area contributed by atoms with Gasteiger partial charge in [0.2, 0.25) is 11.8 Å². The fraction of sp³-hybridized carbons (Fsp3) is 0.409. The van der Waals surface area contributed by atoms with Gasteiger partial charge in [-0.05, 0) is 37.1 Å². The summed E-state index contributed by atoms with van der Waals surface area (Å²) in [4.78, 5) is 29.8. The van der Waals surface area contributed by atoms with E-state index in [1.54, 1.807) is 5.38 Å². The SMILES string of the molecule is CC(=O)N(c1cccc(C(F)(F)F)c1)c1nc(/C=C/C(=O)NC2CCCCCC2)cs1. The van der Waals surface area contributed by atoms with E-state index in [4.69, 9.17) is 0 Å². The van der Waals surface area contributed by atoms with Crippen LogP contribution >= 0.6 is 11.3 Å². The zero-order chi connectivity index (χ0) is 22.4. The lowest BCUT2D eigenvalue weighted by Crippen LogP contribution is -2.33. The molecule has 166 valence electrons. The first kappa shape index (κ1) is 23.0. The van der Waals surface area contributed by atoms with E-state index >= 15 is 0 Å². The van der Waals surface area contributed by atoms with Gasteiger partial charge in [0.05, 0.1) is 16.9 Å². The van der Waals surface area contributed by atoms with Crippen LogP contribution in [0.3, 0.4) is 0 Å². The Hall–Kier alpha value is -2.68. The monoisotopic (exact) mass is 451 g/mol. The molecule has 1 N–H and O–H groups in total. The van der Waals surface area contributed by atoms with Gasteiger partial charge in [-0.3, -0.25) is 14.5 Å². The fourth-order valence-electron chi connectivity index (χ4n) is 3.54. The lowest BCUT2D eigenvalue weighted by Gasteiger charge is -2.19. The van der Waals surface area contributed by atoms with Crippen LogP contribution in [-0.2, 0) is 15.8 Å². The number of hydrogen-bond acceptors (Lipinski definition) is 4. The predicted octanol–water partition coefficient (Wildman–Crippen LogP) is 5.70. The quantitative estimate of drug-likeness (QED) is 0.469. The van der Waals surface area contributed by atoms with Crippen molar-refractivity contribution in [3.8, 4) is 0 Å². The molecule has 1 aromatic heterocycles. The van der Waals surface area contributed by atoms with E-state index in [-0.39, 0.29) is 22.8 Å². The van der Waals surface area contributed by atoms with Crippen LogP contribution in [0.5, 0.6) is 0 Å². The maximum Gasteiger partial charge on any atom is 0.416 e. The minimum absolute atomic E-state index is 0.0818. The number of carbonyl (C=O) groups excluding carboxylic acids is 2. The van der Waals surface area contributed by atoms with Crippen LogP contribution in [0.15, 0.2) is 35.7 Å². The summed E-state index contributed by atoms with van der Waals surface area (Å²) in [5, 5.41) is 4.88. The van der Waals surface area contributed by atoms with Crippen molar-refractivity contribution in [2.45, 2.75) is 57.7 Å². The van der Waals surface area contributed by atoms with Crippen LogP contribution in [0.4, 0.5) is 24.0 Å². The molecule has 2 aromatic rings. The summed E-state index contributed by atoms with van der Waals surface area (Å²) in [6.07, 6.45) is 4.99. The maximum absolute atomic E-state index is 13.0. The third-order valence-electron chi connectivity index (χ3n) is 5.05. The molecule has 0 unspecified atom stereocenters. The van der Waals surface area contributed by atoms with Crippen molar-refractivity contribution < 1.29 is 22.8 Å². The van der Waals surface area contributed by atoms with Gasteiger partial charge in [0.15, 0.2) is 5.13 Å². The molecule has 1 heterocycles. The second kappa shape index (κ2) is 10.1. The summed E-state index contributed by atoms with van der Waals surface area (Å²) < 4.78 is 39.1. The van der Waals surface area contributed by atoms with Gasteiger partial charge >= 0.3 is 6.18 Å². The van der Waals surface area contributed by atoms with Crippen LogP contribution in [0.25, 0.3) is 6.08 Å². The van der Waals surface area contributed by atoms with Gasteiger partial charge in [-0.1, -0.05) is 31.7 Å². The van der Waals surface area contributed by atoms with Crippen LogP contribution in [0, 0.1) is 0 Å². The van der Waals surface area contributed by atoms with E-state index in [2.05, 4.69) is 10.3 Å². The smallest absolute Gasteiger partial charge is 0.350 e. The average molecular weight is 452 g/mol. The molecule has 9 heteroatoms. The first-order chi connectivity index (χ1) is 14.7. The number of carbonyl (C=O) groups is 2. The molecule has 0 atom stereocenters. The first-order valence-corrected chi connectivity index (χ1v) is 11.0. The minimum Gasteiger partial charge on any atom is -0.350 e. The van der Waals surface area contributed by atoms with E-state index in [1.807, 2.05) is 0 Å². The van der Waals surface area contributed by atoms with Gasteiger partial charge < -0.3 is 5.32 Å². The molecule has 1 aliphatic carbocycles. The summed E-state index contributed by atoms with van der Waals surface area (Å²) in [6.45, 7) is 1.26. The number of benzene rings is 1. The molecule has 0 spiro atoms. The largest absolute Gasteiger partial charge is 0.416 e. The van der Waals surface area contributed by atoms with E-state index in [0.29, 0.717) is 5.69 Å². The normalized spacial score (nSPS) is 15.6. The summed E-state index contributed by atoms with van der Waals surface area (Å²) in [5.74, 6) is -0.668. The van der Waals surface area contributed by atoms with E-state index in [1.165, 1.54) is 44.1 Å². The Kier molecular flexibility index (Phi) is 7.48. The Bertz CT molecular complexity index is 947. The fourth-order valence-corrected chi connectivity index (χ4v) is 4.39. The van der Waals surface area contributed by atoms with Crippen molar-refractivity contribution in [2.24, 2.45) is 0 Å². The number of rotatable bonds is 5. The van der Waals surface area contributed by atoms with Crippen molar-refractivity contribution in [2.75, 3.05) is 4.90 Å². The van der Waals surface area contributed by atoms with Crippen molar-refractivity contribution in [1.82, 2.24) is 10.3 Å². The second-order valence-electron chi connectivity index (χ2n) is 7.49. The molecule has 0 saturated heterocycles. The number of aromatic nitrogens is 1. The molecule has 1 aliphatic rings. The van der Waals surface area contributed by atoms with E-state index < -0.39 is 17.6 Å². The molecule has 1 saturated carbocycles. The molecular formula is C22H24F3N3O2S. The van der Waals surface area contributed by atoms with Crippen LogP contribution in [0.2, 0.25) is 0 Å². The van der Waals surface area contributed by atoms with Gasteiger partial charge in [-0.15, -0.1) is 11.3 Å². The molecule has 1 fully saturated rings. The lowest BCUT2D eigenvalue weighted by atomic mass is 10.1. The molecule has 31 heavy (non-hydrogen) atoms. The summed E-state index contributed by atoms with van der Waals surface area (Å²) in [6, 6.07) is 4.72. The average Bonchev–Trinajstić information content (AvgIpc) is 3.01. The molecule has 1 aromatic carbocycles. The highest BCUT2D eigenvalue weighted by Gasteiger charge is 2.31. The Morgan fingerprint density at radius 3 is 2.55 bits per heavy atom. The lowest BCUT2D eigenvalue weighted by molar-refractivity contribution is -0.137. The Morgan fingerprint density at radius 1 is 1.19 bits per heavy atom. The number of amides is 2. The second-order valence-corrected chi connectivity index (χ2v) is 8.32. The zero-order valence-corrected chi connectivity index (χ0v) is 17.9.